The summed E-state index contributed by atoms with van der Waals surface area (Å²) in [6.45, 7) is 4.44. The van der Waals surface area contributed by atoms with Crippen molar-refractivity contribution in [3.8, 4) is 0 Å². The molecule has 0 N–H and O–H groups in total. The number of thioether (sulfide) groups is 3. The van der Waals surface area contributed by atoms with Crippen molar-refractivity contribution in [3.05, 3.63) is 0 Å². The van der Waals surface area contributed by atoms with Gasteiger partial charge in [0.1, 0.15) is 0 Å². The number of hydrogen-bond acceptors (Lipinski definition) is 4. The molecule has 1 unspecified atom stereocenters. The molecule has 0 aromatic rings. The normalized spacial score (nSPS) is 50.7. The summed E-state index contributed by atoms with van der Waals surface area (Å²) in [7, 11) is 0. The Morgan fingerprint density at radius 3 is 2.45 bits per heavy atom. The van der Waals surface area contributed by atoms with E-state index in [4.69, 9.17) is 4.74 Å². The van der Waals surface area contributed by atoms with Crippen LogP contribution in [-0.4, -0.2) is 26.5 Å². The van der Waals surface area contributed by atoms with Crippen LogP contribution in [0, 0.1) is 0 Å². The van der Waals surface area contributed by atoms with Crippen molar-refractivity contribution >= 4 is 35.3 Å². The maximum Gasteiger partial charge on any atom is 0.209 e. The number of rotatable bonds is 0. The zero-order valence-corrected chi connectivity index (χ0v) is 9.15. The van der Waals surface area contributed by atoms with Crippen molar-refractivity contribution in [2.45, 2.75) is 28.8 Å². The van der Waals surface area contributed by atoms with Gasteiger partial charge in [-0.05, 0) is 6.92 Å². The molecule has 0 aromatic carbocycles. The van der Waals surface area contributed by atoms with Gasteiger partial charge in [-0.3, -0.25) is 0 Å². The van der Waals surface area contributed by atoms with Gasteiger partial charge in [0.2, 0.25) is 3.60 Å². The SMILES string of the molecule is CC1CS[C@@]2(O1)SC[C@H](C)S2. The van der Waals surface area contributed by atoms with E-state index in [0.29, 0.717) is 6.10 Å². The summed E-state index contributed by atoms with van der Waals surface area (Å²) in [5.74, 6) is 2.40. The first-order chi connectivity index (χ1) is 5.20. The van der Waals surface area contributed by atoms with Gasteiger partial charge in [0.15, 0.2) is 0 Å². The van der Waals surface area contributed by atoms with E-state index in [9.17, 15) is 0 Å². The summed E-state index contributed by atoms with van der Waals surface area (Å²) in [6, 6.07) is 0. The van der Waals surface area contributed by atoms with Crippen LogP contribution >= 0.6 is 35.3 Å². The van der Waals surface area contributed by atoms with Crippen LogP contribution in [0.15, 0.2) is 0 Å². The summed E-state index contributed by atoms with van der Waals surface area (Å²) >= 11 is 5.92. The Kier molecular flexibility index (Phi) is 2.39. The van der Waals surface area contributed by atoms with Crippen LogP contribution in [0.25, 0.3) is 0 Å². The van der Waals surface area contributed by atoms with E-state index in [0.717, 1.165) is 11.0 Å². The molecule has 1 nitrogen and oxygen atoms in total. The zero-order valence-electron chi connectivity index (χ0n) is 6.70. The maximum absolute atomic E-state index is 5.87. The van der Waals surface area contributed by atoms with Gasteiger partial charge in [0, 0.05) is 16.8 Å². The van der Waals surface area contributed by atoms with Gasteiger partial charge in [0.25, 0.3) is 0 Å². The fourth-order valence-electron chi connectivity index (χ4n) is 1.21. The van der Waals surface area contributed by atoms with Gasteiger partial charge in [-0.1, -0.05) is 6.92 Å². The lowest BCUT2D eigenvalue weighted by molar-refractivity contribution is 0.106. The zero-order chi connectivity index (χ0) is 7.90. The first-order valence-corrected chi connectivity index (χ1v) is 6.69. The summed E-state index contributed by atoms with van der Waals surface area (Å²) < 4.78 is 5.95. The van der Waals surface area contributed by atoms with Gasteiger partial charge in [0.05, 0.1) is 6.10 Å². The summed E-state index contributed by atoms with van der Waals surface area (Å²) in [6.07, 6.45) is 0.449. The molecule has 2 aliphatic heterocycles. The molecule has 0 aliphatic carbocycles. The molecule has 0 saturated carbocycles. The standard InChI is InChI=1S/C7H12OS3/c1-5-3-9-7(8-5)10-4-6(2)11-7/h5-6H,3-4H2,1-2H3/t5?,6-,7-/m0/s1. The minimum atomic E-state index is 0.0822. The third-order valence-electron chi connectivity index (χ3n) is 1.68. The second-order valence-electron chi connectivity index (χ2n) is 2.98. The topological polar surface area (TPSA) is 9.23 Å². The monoisotopic (exact) mass is 208 g/mol. The first kappa shape index (κ1) is 8.60. The van der Waals surface area contributed by atoms with E-state index in [1.54, 1.807) is 0 Å². The van der Waals surface area contributed by atoms with Crippen LogP contribution in [0.3, 0.4) is 0 Å². The Morgan fingerprint density at radius 2 is 2.00 bits per heavy atom. The average molecular weight is 208 g/mol. The van der Waals surface area contributed by atoms with E-state index in [1.807, 2.05) is 35.3 Å². The highest BCUT2D eigenvalue weighted by Gasteiger charge is 2.46. The van der Waals surface area contributed by atoms with Crippen LogP contribution < -0.4 is 0 Å². The van der Waals surface area contributed by atoms with Crippen LogP contribution in [0.1, 0.15) is 13.8 Å². The molecule has 1 spiro atoms. The minimum Gasteiger partial charge on any atom is -0.342 e. The molecule has 2 fully saturated rings. The summed E-state index contributed by atoms with van der Waals surface area (Å²) in [5.41, 5.74) is 0. The molecule has 0 radical (unpaired) electrons. The van der Waals surface area contributed by atoms with Gasteiger partial charge in [-0.25, -0.2) is 0 Å². The van der Waals surface area contributed by atoms with Gasteiger partial charge in [-0.15, -0.1) is 35.3 Å². The highest BCUT2D eigenvalue weighted by Crippen LogP contribution is 2.59. The lowest BCUT2D eigenvalue weighted by Gasteiger charge is -2.19. The van der Waals surface area contributed by atoms with Crippen LogP contribution in [0.4, 0.5) is 0 Å². The third kappa shape index (κ3) is 1.69. The predicted molar refractivity (Wildman–Crippen MR) is 55.2 cm³/mol. The fraction of sp³-hybridized carbons (Fsp3) is 1.00. The largest absolute Gasteiger partial charge is 0.342 e. The van der Waals surface area contributed by atoms with Crippen molar-refractivity contribution < 1.29 is 4.74 Å². The van der Waals surface area contributed by atoms with Gasteiger partial charge >= 0.3 is 0 Å². The molecule has 2 saturated heterocycles. The van der Waals surface area contributed by atoms with Crippen LogP contribution in [-0.2, 0) is 4.74 Å². The van der Waals surface area contributed by atoms with E-state index < -0.39 is 0 Å². The average Bonchev–Trinajstić information content (AvgIpc) is 2.44. The van der Waals surface area contributed by atoms with Crippen molar-refractivity contribution in [3.63, 3.8) is 0 Å². The van der Waals surface area contributed by atoms with Crippen molar-refractivity contribution in [2.24, 2.45) is 0 Å². The molecular formula is C7H12OS3. The van der Waals surface area contributed by atoms with Gasteiger partial charge < -0.3 is 4.74 Å². The second kappa shape index (κ2) is 3.05. The van der Waals surface area contributed by atoms with Crippen LogP contribution in [0.5, 0.6) is 0 Å². The smallest absolute Gasteiger partial charge is 0.209 e. The van der Waals surface area contributed by atoms with E-state index in [2.05, 4.69) is 13.8 Å². The highest BCUT2D eigenvalue weighted by atomic mass is 32.3. The maximum atomic E-state index is 5.87. The Morgan fingerprint density at radius 1 is 1.27 bits per heavy atom. The summed E-state index contributed by atoms with van der Waals surface area (Å²) in [5, 5.41) is 0.762. The van der Waals surface area contributed by atoms with Crippen molar-refractivity contribution in [1.82, 2.24) is 0 Å². The number of ether oxygens (including phenoxy) is 1. The quantitative estimate of drug-likeness (QED) is 0.605. The molecule has 2 rings (SSSR count). The predicted octanol–water partition coefficient (Wildman–Crippen LogP) is 2.62. The highest BCUT2D eigenvalue weighted by molar-refractivity contribution is 8.35. The second-order valence-corrected chi connectivity index (χ2v) is 7.76. The molecule has 0 aromatic heterocycles. The molecule has 2 aliphatic rings. The molecule has 0 amide bonds. The Hall–Kier alpha value is 1.01. The molecule has 0 bridgehead atoms. The third-order valence-corrected chi connectivity index (χ3v) is 7.04. The fourth-order valence-corrected chi connectivity index (χ4v) is 6.48. The molecular weight excluding hydrogens is 196 g/mol. The molecule has 11 heavy (non-hydrogen) atoms. The Labute approximate surface area is 80.4 Å². The van der Waals surface area contributed by atoms with Crippen molar-refractivity contribution in [2.75, 3.05) is 11.5 Å². The van der Waals surface area contributed by atoms with Crippen molar-refractivity contribution in [1.29, 1.82) is 0 Å². The first-order valence-electron chi connectivity index (χ1n) is 3.84. The molecule has 64 valence electrons. The molecule has 4 heteroatoms. The number of hydrogen-bond donors (Lipinski definition) is 0. The van der Waals surface area contributed by atoms with E-state index >= 15 is 0 Å². The van der Waals surface area contributed by atoms with E-state index in [1.165, 1.54) is 5.75 Å². The Balaban J connectivity index is 2.02. The minimum absolute atomic E-state index is 0.0822. The van der Waals surface area contributed by atoms with Crippen LogP contribution in [0.2, 0.25) is 0 Å². The molecule has 3 atom stereocenters. The lowest BCUT2D eigenvalue weighted by Crippen LogP contribution is -2.14. The van der Waals surface area contributed by atoms with E-state index in [-0.39, 0.29) is 3.60 Å². The summed E-state index contributed by atoms with van der Waals surface area (Å²) in [4.78, 5) is 0. The Bertz CT molecular complexity index is 144. The molecule has 2 heterocycles. The lowest BCUT2D eigenvalue weighted by atomic mass is 10.5. The van der Waals surface area contributed by atoms with Gasteiger partial charge in [-0.2, -0.15) is 0 Å².